The minimum Gasteiger partial charge on any atom is -0.481 e. The molecule has 2 heterocycles. The number of hydrogen-bond donors (Lipinski definition) is 4. The van der Waals surface area contributed by atoms with Crippen molar-refractivity contribution < 1.29 is 14.3 Å². The zero-order valence-electron chi connectivity index (χ0n) is 15.4. The van der Waals surface area contributed by atoms with Crippen LogP contribution in [-0.2, 0) is 4.79 Å². The largest absolute Gasteiger partial charge is 0.481 e. The highest BCUT2D eigenvalue weighted by atomic mass is 16.5. The first-order valence-electron chi connectivity index (χ1n) is 8.30. The summed E-state index contributed by atoms with van der Waals surface area (Å²) in [6.07, 6.45) is 3.46. The first-order chi connectivity index (χ1) is 12.8. The number of anilines is 3. The number of aromatic nitrogens is 3. The zero-order valence-corrected chi connectivity index (χ0v) is 15.4. The van der Waals surface area contributed by atoms with E-state index in [1.165, 1.54) is 19.5 Å². The SMILES string of the molecule is COc1ccc(Nc2nc(NC(C)CC(C)C(N)=O)cnc2C(N)=O)cn1. The standard InChI is InChI=1S/C17H23N7O3/c1-9(15(18)25)6-10(2)22-12-8-21-14(16(19)26)17(24-12)23-11-4-5-13(27-3)20-7-11/h4-5,7-10H,6H2,1-3H3,(H2,18,25)(H2,19,26)(H2,22,23,24). The highest BCUT2D eigenvalue weighted by Crippen LogP contribution is 2.21. The Morgan fingerprint density at radius 1 is 1.19 bits per heavy atom. The highest BCUT2D eigenvalue weighted by molar-refractivity contribution is 5.96. The number of methoxy groups -OCH3 is 1. The lowest BCUT2D eigenvalue weighted by Gasteiger charge is -2.18. The molecule has 10 heteroatoms. The van der Waals surface area contributed by atoms with Gasteiger partial charge in [-0.1, -0.05) is 6.92 Å². The van der Waals surface area contributed by atoms with Crippen molar-refractivity contribution in [3.63, 3.8) is 0 Å². The molecule has 2 aromatic rings. The van der Waals surface area contributed by atoms with E-state index >= 15 is 0 Å². The molecule has 2 amide bonds. The first kappa shape index (κ1) is 19.9. The number of nitrogens with two attached hydrogens (primary N) is 2. The van der Waals surface area contributed by atoms with Crippen molar-refractivity contribution >= 4 is 29.1 Å². The van der Waals surface area contributed by atoms with Crippen molar-refractivity contribution in [3.05, 3.63) is 30.2 Å². The molecule has 2 rings (SSSR count). The van der Waals surface area contributed by atoms with Crippen LogP contribution in [0.5, 0.6) is 5.88 Å². The number of ether oxygens (including phenoxy) is 1. The van der Waals surface area contributed by atoms with E-state index in [2.05, 4.69) is 25.6 Å². The molecule has 0 saturated heterocycles. The third-order valence-electron chi connectivity index (χ3n) is 3.80. The van der Waals surface area contributed by atoms with Gasteiger partial charge in [-0.05, 0) is 19.4 Å². The molecule has 2 aromatic heterocycles. The average molecular weight is 373 g/mol. The monoisotopic (exact) mass is 373 g/mol. The van der Waals surface area contributed by atoms with Gasteiger partial charge < -0.3 is 26.8 Å². The Labute approximate surface area is 156 Å². The molecule has 27 heavy (non-hydrogen) atoms. The molecule has 6 N–H and O–H groups in total. The summed E-state index contributed by atoms with van der Waals surface area (Å²) in [7, 11) is 1.52. The summed E-state index contributed by atoms with van der Waals surface area (Å²) in [5, 5.41) is 6.10. The van der Waals surface area contributed by atoms with E-state index in [0.717, 1.165) is 0 Å². The maximum atomic E-state index is 11.6. The fourth-order valence-electron chi connectivity index (χ4n) is 2.40. The number of pyridine rings is 1. The summed E-state index contributed by atoms with van der Waals surface area (Å²) < 4.78 is 5.01. The normalized spacial score (nSPS) is 12.7. The van der Waals surface area contributed by atoms with Crippen LogP contribution in [0.2, 0.25) is 0 Å². The van der Waals surface area contributed by atoms with E-state index in [-0.39, 0.29) is 29.4 Å². The minimum absolute atomic E-state index is 0.00507. The second kappa shape index (κ2) is 8.79. The van der Waals surface area contributed by atoms with Crippen LogP contribution in [-0.4, -0.2) is 39.9 Å². The van der Waals surface area contributed by atoms with Gasteiger partial charge in [0.25, 0.3) is 5.91 Å². The molecular formula is C17H23N7O3. The number of nitrogens with one attached hydrogen (secondary N) is 2. The van der Waals surface area contributed by atoms with Crippen molar-refractivity contribution in [3.8, 4) is 5.88 Å². The highest BCUT2D eigenvalue weighted by Gasteiger charge is 2.17. The molecule has 0 aliphatic rings. The molecule has 2 atom stereocenters. The van der Waals surface area contributed by atoms with Crippen LogP contribution in [0.1, 0.15) is 30.8 Å². The van der Waals surface area contributed by atoms with E-state index < -0.39 is 5.91 Å². The molecule has 0 bridgehead atoms. The fourth-order valence-corrected chi connectivity index (χ4v) is 2.40. The van der Waals surface area contributed by atoms with E-state index in [9.17, 15) is 9.59 Å². The topological polar surface area (TPSA) is 158 Å². The molecule has 0 aromatic carbocycles. The molecule has 0 radical (unpaired) electrons. The van der Waals surface area contributed by atoms with Gasteiger partial charge in [0, 0.05) is 18.0 Å². The quantitative estimate of drug-likeness (QED) is 0.507. The number of carbonyl (C=O) groups excluding carboxylic acids is 2. The van der Waals surface area contributed by atoms with Crippen LogP contribution in [0.4, 0.5) is 17.3 Å². The van der Waals surface area contributed by atoms with Crippen molar-refractivity contribution in [2.75, 3.05) is 17.7 Å². The summed E-state index contributed by atoms with van der Waals surface area (Å²) in [6, 6.07) is 3.29. The summed E-state index contributed by atoms with van der Waals surface area (Å²) in [4.78, 5) is 35.4. The smallest absolute Gasteiger partial charge is 0.271 e. The number of carbonyl (C=O) groups is 2. The van der Waals surface area contributed by atoms with Crippen LogP contribution in [0.15, 0.2) is 24.5 Å². The number of hydrogen-bond acceptors (Lipinski definition) is 8. The number of rotatable bonds is 9. The van der Waals surface area contributed by atoms with Gasteiger partial charge in [0.15, 0.2) is 11.5 Å². The van der Waals surface area contributed by atoms with Gasteiger partial charge in [0.05, 0.1) is 25.2 Å². The number of amides is 2. The van der Waals surface area contributed by atoms with Crippen LogP contribution < -0.4 is 26.8 Å². The maximum absolute atomic E-state index is 11.6. The Hall–Kier alpha value is -3.43. The predicted octanol–water partition coefficient (Wildman–Crippen LogP) is 1.03. The third kappa shape index (κ3) is 5.53. The molecule has 144 valence electrons. The van der Waals surface area contributed by atoms with Crippen LogP contribution >= 0.6 is 0 Å². The van der Waals surface area contributed by atoms with Crippen molar-refractivity contribution in [2.24, 2.45) is 17.4 Å². The summed E-state index contributed by atoms with van der Waals surface area (Å²) in [5.74, 6) is -0.299. The van der Waals surface area contributed by atoms with Gasteiger partial charge in [0.2, 0.25) is 11.8 Å². The van der Waals surface area contributed by atoms with E-state index in [0.29, 0.717) is 23.8 Å². The Bertz CT molecular complexity index is 811. The second-order valence-corrected chi connectivity index (χ2v) is 6.12. The van der Waals surface area contributed by atoms with Crippen LogP contribution in [0.25, 0.3) is 0 Å². The van der Waals surface area contributed by atoms with Gasteiger partial charge in [-0.3, -0.25) is 9.59 Å². The molecule has 0 fully saturated rings. The zero-order chi connectivity index (χ0) is 20.0. The Morgan fingerprint density at radius 3 is 2.48 bits per heavy atom. The number of nitrogens with zero attached hydrogens (tertiary/aromatic N) is 3. The fraction of sp³-hybridized carbons (Fsp3) is 0.353. The predicted molar refractivity (Wildman–Crippen MR) is 101 cm³/mol. The van der Waals surface area contributed by atoms with Crippen LogP contribution in [0, 0.1) is 5.92 Å². The molecule has 2 unspecified atom stereocenters. The Balaban J connectivity index is 2.20. The summed E-state index contributed by atoms with van der Waals surface area (Å²) in [6.45, 7) is 3.65. The first-order valence-corrected chi connectivity index (χ1v) is 8.30. The van der Waals surface area contributed by atoms with E-state index in [1.54, 1.807) is 19.1 Å². The van der Waals surface area contributed by atoms with Gasteiger partial charge in [-0.15, -0.1) is 0 Å². The van der Waals surface area contributed by atoms with Gasteiger partial charge >= 0.3 is 0 Å². The third-order valence-corrected chi connectivity index (χ3v) is 3.80. The molecule has 10 nitrogen and oxygen atoms in total. The molecule has 0 aliphatic carbocycles. The van der Waals surface area contributed by atoms with E-state index in [1.807, 2.05) is 6.92 Å². The van der Waals surface area contributed by atoms with Crippen LogP contribution in [0.3, 0.4) is 0 Å². The van der Waals surface area contributed by atoms with Crippen molar-refractivity contribution in [1.29, 1.82) is 0 Å². The average Bonchev–Trinajstić information content (AvgIpc) is 2.62. The summed E-state index contributed by atoms with van der Waals surface area (Å²) >= 11 is 0. The molecule has 0 saturated carbocycles. The molecular weight excluding hydrogens is 350 g/mol. The summed E-state index contributed by atoms with van der Waals surface area (Å²) in [5.41, 5.74) is 11.2. The number of primary amides is 2. The lowest BCUT2D eigenvalue weighted by molar-refractivity contribution is -0.121. The lowest BCUT2D eigenvalue weighted by Crippen LogP contribution is -2.27. The van der Waals surface area contributed by atoms with E-state index in [4.69, 9.17) is 16.2 Å². The Morgan fingerprint density at radius 2 is 1.93 bits per heavy atom. The van der Waals surface area contributed by atoms with Gasteiger partial charge in [-0.2, -0.15) is 0 Å². The maximum Gasteiger partial charge on any atom is 0.271 e. The molecule has 0 aliphatic heterocycles. The Kier molecular flexibility index (Phi) is 6.47. The van der Waals surface area contributed by atoms with Crippen molar-refractivity contribution in [2.45, 2.75) is 26.3 Å². The minimum atomic E-state index is -0.714. The van der Waals surface area contributed by atoms with Gasteiger partial charge in [-0.25, -0.2) is 15.0 Å². The lowest BCUT2D eigenvalue weighted by atomic mass is 10.0. The van der Waals surface area contributed by atoms with Crippen molar-refractivity contribution in [1.82, 2.24) is 15.0 Å². The van der Waals surface area contributed by atoms with Gasteiger partial charge in [0.1, 0.15) is 5.82 Å². The molecule has 0 spiro atoms. The second-order valence-electron chi connectivity index (χ2n) is 6.12.